The molecule has 5 heteroatoms. The van der Waals surface area contributed by atoms with Crippen molar-refractivity contribution >= 4 is 17.7 Å². The van der Waals surface area contributed by atoms with Crippen LogP contribution >= 0.6 is 0 Å². The monoisotopic (exact) mass is 290 g/mol. The van der Waals surface area contributed by atoms with Crippen molar-refractivity contribution in [1.29, 1.82) is 0 Å². The lowest BCUT2D eigenvalue weighted by Crippen LogP contribution is -2.42. The fraction of sp³-hybridized carbons (Fsp3) is 0.500. The molecular weight excluding hydrogens is 268 g/mol. The molecule has 0 saturated carbocycles. The Kier molecular flexibility index (Phi) is 5.20. The third-order valence-corrected chi connectivity index (χ3v) is 3.91. The Balaban J connectivity index is 1.95. The van der Waals surface area contributed by atoms with Gasteiger partial charge in [0.15, 0.2) is 0 Å². The fourth-order valence-corrected chi connectivity index (χ4v) is 2.65. The maximum absolute atomic E-state index is 12.3. The summed E-state index contributed by atoms with van der Waals surface area (Å²) in [5.74, 6) is -1.08. The van der Waals surface area contributed by atoms with Crippen LogP contribution in [0.4, 0.5) is 10.5 Å². The van der Waals surface area contributed by atoms with Crippen LogP contribution < -0.4 is 5.32 Å². The Labute approximate surface area is 125 Å². The van der Waals surface area contributed by atoms with E-state index < -0.39 is 5.97 Å². The Bertz CT molecular complexity index is 508. The molecule has 0 aromatic heterocycles. The Morgan fingerprint density at radius 2 is 1.95 bits per heavy atom. The minimum Gasteiger partial charge on any atom is -0.481 e. The van der Waals surface area contributed by atoms with Gasteiger partial charge in [-0.05, 0) is 30.9 Å². The maximum atomic E-state index is 12.3. The lowest BCUT2D eigenvalue weighted by molar-refractivity contribution is -0.143. The van der Waals surface area contributed by atoms with Gasteiger partial charge in [0.05, 0.1) is 5.92 Å². The van der Waals surface area contributed by atoms with E-state index in [0.29, 0.717) is 25.9 Å². The average molecular weight is 290 g/mol. The molecule has 0 spiro atoms. The van der Waals surface area contributed by atoms with E-state index in [-0.39, 0.29) is 11.9 Å². The molecule has 21 heavy (non-hydrogen) atoms. The zero-order chi connectivity index (χ0) is 15.2. The van der Waals surface area contributed by atoms with E-state index in [1.54, 1.807) is 4.90 Å². The van der Waals surface area contributed by atoms with Crippen LogP contribution in [0.3, 0.4) is 0 Å². The molecule has 1 aliphatic heterocycles. The van der Waals surface area contributed by atoms with E-state index in [0.717, 1.165) is 24.1 Å². The van der Waals surface area contributed by atoms with Crippen molar-refractivity contribution in [2.75, 3.05) is 18.4 Å². The molecule has 1 aromatic carbocycles. The van der Waals surface area contributed by atoms with Gasteiger partial charge in [0, 0.05) is 18.8 Å². The molecule has 1 aromatic rings. The number of amides is 2. The second-order valence-electron chi connectivity index (χ2n) is 5.44. The zero-order valence-electron chi connectivity index (χ0n) is 12.3. The summed E-state index contributed by atoms with van der Waals surface area (Å²) in [5, 5.41) is 11.9. The number of urea groups is 1. The van der Waals surface area contributed by atoms with Gasteiger partial charge in [0.2, 0.25) is 0 Å². The van der Waals surface area contributed by atoms with Gasteiger partial charge in [-0.1, -0.05) is 31.5 Å². The highest BCUT2D eigenvalue weighted by Gasteiger charge is 2.27. The van der Waals surface area contributed by atoms with Gasteiger partial charge in [-0.25, -0.2) is 4.79 Å². The molecule has 0 radical (unpaired) electrons. The number of piperidine rings is 1. The number of hydrogen-bond acceptors (Lipinski definition) is 2. The number of hydrogen-bond donors (Lipinski definition) is 2. The van der Waals surface area contributed by atoms with E-state index in [1.807, 2.05) is 24.3 Å². The number of aliphatic carboxylic acids is 1. The summed E-state index contributed by atoms with van der Waals surface area (Å²) < 4.78 is 0. The molecule has 1 heterocycles. The summed E-state index contributed by atoms with van der Waals surface area (Å²) in [7, 11) is 0. The number of carbonyl (C=O) groups excluding carboxylic acids is 1. The molecule has 0 bridgehead atoms. The number of nitrogens with one attached hydrogen (secondary N) is 1. The average Bonchev–Trinajstić information content (AvgIpc) is 2.49. The van der Waals surface area contributed by atoms with E-state index >= 15 is 0 Å². The van der Waals surface area contributed by atoms with Crippen LogP contribution in [0, 0.1) is 5.92 Å². The van der Waals surface area contributed by atoms with Crippen LogP contribution in [0.2, 0.25) is 0 Å². The van der Waals surface area contributed by atoms with Gasteiger partial charge >= 0.3 is 12.0 Å². The number of likely N-dealkylation sites (tertiary alicyclic amines) is 1. The number of nitrogens with zero attached hydrogens (tertiary/aromatic N) is 1. The molecule has 2 amide bonds. The van der Waals surface area contributed by atoms with Gasteiger partial charge in [-0.3, -0.25) is 4.79 Å². The maximum Gasteiger partial charge on any atom is 0.321 e. The summed E-state index contributed by atoms with van der Waals surface area (Å²) in [6.45, 7) is 3.10. The second kappa shape index (κ2) is 7.11. The van der Waals surface area contributed by atoms with Crippen molar-refractivity contribution in [3.63, 3.8) is 0 Å². The van der Waals surface area contributed by atoms with E-state index in [9.17, 15) is 9.59 Å². The van der Waals surface area contributed by atoms with Gasteiger partial charge in [0.1, 0.15) is 0 Å². The molecule has 2 N–H and O–H groups in total. The highest BCUT2D eigenvalue weighted by Crippen LogP contribution is 2.20. The molecule has 114 valence electrons. The first-order valence-electron chi connectivity index (χ1n) is 7.48. The quantitative estimate of drug-likeness (QED) is 0.895. The molecule has 1 fully saturated rings. The lowest BCUT2D eigenvalue weighted by atomic mass is 9.97. The molecular formula is C16H22N2O3. The summed E-state index contributed by atoms with van der Waals surface area (Å²) in [5.41, 5.74) is 1.98. The molecule has 5 nitrogen and oxygen atoms in total. The summed E-state index contributed by atoms with van der Waals surface area (Å²) in [4.78, 5) is 24.9. The van der Waals surface area contributed by atoms with Crippen molar-refractivity contribution in [2.45, 2.75) is 32.6 Å². The Morgan fingerprint density at radius 3 is 2.57 bits per heavy atom. The highest BCUT2D eigenvalue weighted by molar-refractivity contribution is 5.90. The molecule has 0 aliphatic carbocycles. The van der Waals surface area contributed by atoms with Crippen LogP contribution in [-0.2, 0) is 11.2 Å². The predicted molar refractivity (Wildman–Crippen MR) is 81.4 cm³/mol. The first-order chi connectivity index (χ1) is 10.1. The number of carbonyl (C=O) groups is 2. The predicted octanol–water partition coefficient (Wildman–Crippen LogP) is 2.97. The van der Waals surface area contributed by atoms with Gasteiger partial charge in [-0.2, -0.15) is 0 Å². The summed E-state index contributed by atoms with van der Waals surface area (Å²) >= 11 is 0. The van der Waals surface area contributed by atoms with Crippen molar-refractivity contribution < 1.29 is 14.7 Å². The van der Waals surface area contributed by atoms with Crippen LogP contribution in [0.1, 0.15) is 31.7 Å². The van der Waals surface area contributed by atoms with E-state index in [2.05, 4.69) is 12.2 Å². The molecule has 0 unspecified atom stereocenters. The lowest BCUT2D eigenvalue weighted by Gasteiger charge is -2.30. The Hall–Kier alpha value is -2.04. The first-order valence-corrected chi connectivity index (χ1v) is 7.48. The number of para-hydroxylation sites is 1. The van der Waals surface area contributed by atoms with Crippen molar-refractivity contribution in [3.8, 4) is 0 Å². The van der Waals surface area contributed by atoms with Gasteiger partial charge < -0.3 is 15.3 Å². The van der Waals surface area contributed by atoms with Crippen LogP contribution in [0.15, 0.2) is 24.3 Å². The highest BCUT2D eigenvalue weighted by atomic mass is 16.4. The fourth-order valence-electron chi connectivity index (χ4n) is 2.65. The minimum atomic E-state index is -0.761. The SMILES string of the molecule is CCCc1ccccc1NC(=O)N1CCC(C(=O)O)CC1. The van der Waals surface area contributed by atoms with E-state index in [1.165, 1.54) is 0 Å². The van der Waals surface area contributed by atoms with Crippen molar-refractivity contribution in [2.24, 2.45) is 5.92 Å². The third kappa shape index (κ3) is 3.97. The van der Waals surface area contributed by atoms with Crippen LogP contribution in [0.25, 0.3) is 0 Å². The number of rotatable bonds is 4. The Morgan fingerprint density at radius 1 is 1.29 bits per heavy atom. The summed E-state index contributed by atoms with van der Waals surface area (Å²) in [6.07, 6.45) is 3.01. The standard InChI is InChI=1S/C16H22N2O3/c1-2-5-12-6-3-4-7-14(12)17-16(21)18-10-8-13(9-11-18)15(19)20/h3-4,6-7,13H,2,5,8-11H2,1H3,(H,17,21)(H,19,20). The number of benzene rings is 1. The first kappa shape index (κ1) is 15.4. The number of carboxylic acids is 1. The molecule has 0 atom stereocenters. The molecule has 1 saturated heterocycles. The number of aryl methyl sites for hydroxylation is 1. The number of anilines is 1. The van der Waals surface area contributed by atoms with Crippen LogP contribution in [0.5, 0.6) is 0 Å². The zero-order valence-corrected chi connectivity index (χ0v) is 12.3. The largest absolute Gasteiger partial charge is 0.481 e. The third-order valence-electron chi connectivity index (χ3n) is 3.91. The smallest absolute Gasteiger partial charge is 0.321 e. The molecule has 2 rings (SSSR count). The normalized spacial score (nSPS) is 15.8. The van der Waals surface area contributed by atoms with Crippen LogP contribution in [-0.4, -0.2) is 35.1 Å². The van der Waals surface area contributed by atoms with Gasteiger partial charge in [-0.15, -0.1) is 0 Å². The molecule has 1 aliphatic rings. The van der Waals surface area contributed by atoms with Crippen molar-refractivity contribution in [3.05, 3.63) is 29.8 Å². The van der Waals surface area contributed by atoms with E-state index in [4.69, 9.17) is 5.11 Å². The number of carboxylic acid groups (broad SMARTS) is 1. The topological polar surface area (TPSA) is 69.6 Å². The van der Waals surface area contributed by atoms with Gasteiger partial charge in [0.25, 0.3) is 0 Å². The summed E-state index contributed by atoms with van der Waals surface area (Å²) in [6, 6.07) is 7.68. The minimum absolute atomic E-state index is 0.137. The second-order valence-corrected chi connectivity index (χ2v) is 5.44. The van der Waals surface area contributed by atoms with Crippen molar-refractivity contribution in [1.82, 2.24) is 4.90 Å².